The van der Waals surface area contributed by atoms with Crippen molar-refractivity contribution in [2.75, 3.05) is 0 Å². The van der Waals surface area contributed by atoms with Gasteiger partial charge in [0.1, 0.15) is 18.1 Å². The van der Waals surface area contributed by atoms with Crippen molar-refractivity contribution in [3.05, 3.63) is 0 Å². The fourth-order valence-corrected chi connectivity index (χ4v) is 2.68. The minimum atomic E-state index is -1.49. The monoisotopic (exact) mass is 459 g/mol. The molecule has 0 heterocycles. The summed E-state index contributed by atoms with van der Waals surface area (Å²) in [6.45, 7) is 6.50. The molecule has 9 N–H and O–H groups in total. The summed E-state index contributed by atoms with van der Waals surface area (Å²) in [6.07, 6.45) is -0.839. The quantitative estimate of drug-likeness (QED) is 0.151. The highest BCUT2D eigenvalue weighted by Crippen LogP contribution is 2.10. The molecular formula is C19H33N5O8. The van der Waals surface area contributed by atoms with Gasteiger partial charge in [-0.25, -0.2) is 4.79 Å². The molecule has 0 rings (SSSR count). The summed E-state index contributed by atoms with van der Waals surface area (Å²) in [4.78, 5) is 71.1. The van der Waals surface area contributed by atoms with Gasteiger partial charge in [-0.05, 0) is 11.8 Å². The zero-order chi connectivity index (χ0) is 25.2. The summed E-state index contributed by atoms with van der Waals surface area (Å²) in [5.41, 5.74) is 10.7. The third kappa shape index (κ3) is 9.73. The van der Waals surface area contributed by atoms with Crippen LogP contribution in [-0.4, -0.2) is 69.9 Å². The van der Waals surface area contributed by atoms with E-state index in [-0.39, 0.29) is 0 Å². The zero-order valence-corrected chi connectivity index (χ0v) is 18.6. The fraction of sp³-hybridized carbons (Fsp3) is 0.684. The largest absolute Gasteiger partial charge is 0.481 e. The Morgan fingerprint density at radius 3 is 1.75 bits per heavy atom. The van der Waals surface area contributed by atoms with Crippen LogP contribution in [0.4, 0.5) is 0 Å². The van der Waals surface area contributed by atoms with Crippen molar-refractivity contribution >= 4 is 35.6 Å². The topological polar surface area (TPSA) is 231 Å². The summed E-state index contributed by atoms with van der Waals surface area (Å²) in [7, 11) is 0. The lowest BCUT2D eigenvalue weighted by Gasteiger charge is -2.28. The molecule has 13 nitrogen and oxygen atoms in total. The molecule has 0 radical (unpaired) electrons. The van der Waals surface area contributed by atoms with Crippen LogP contribution in [0.5, 0.6) is 0 Å². The van der Waals surface area contributed by atoms with E-state index in [2.05, 4.69) is 16.0 Å². The summed E-state index contributed by atoms with van der Waals surface area (Å²) >= 11 is 0. The van der Waals surface area contributed by atoms with Crippen molar-refractivity contribution in [1.29, 1.82) is 0 Å². The Bertz CT molecular complexity index is 727. The molecular weight excluding hydrogens is 426 g/mol. The van der Waals surface area contributed by atoms with Gasteiger partial charge in [-0.1, -0.05) is 34.1 Å². The fourth-order valence-electron chi connectivity index (χ4n) is 2.68. The normalized spacial score (nSPS) is 15.6. The van der Waals surface area contributed by atoms with E-state index in [1.807, 2.05) is 0 Å². The summed E-state index contributed by atoms with van der Waals surface area (Å²) in [5.74, 6) is -7.10. The molecule has 0 aromatic heterocycles. The molecule has 13 heteroatoms. The van der Waals surface area contributed by atoms with E-state index in [1.165, 1.54) is 0 Å². The maximum absolute atomic E-state index is 12.8. The molecule has 0 fully saturated rings. The molecule has 0 saturated heterocycles. The Hall–Kier alpha value is -3.22. The van der Waals surface area contributed by atoms with Crippen molar-refractivity contribution in [3.63, 3.8) is 0 Å². The molecule has 0 aromatic carbocycles. The number of primary amides is 1. The highest BCUT2D eigenvalue weighted by Gasteiger charge is 2.33. The average Bonchev–Trinajstić information content (AvgIpc) is 2.66. The summed E-state index contributed by atoms with van der Waals surface area (Å²) in [5, 5.41) is 25.0. The Labute approximate surface area is 185 Å². The standard InChI is InChI=1S/C19H33N5O8/c1-5-9(4)15(24-16(28)10(20)6-13(26)27)18(30)22-11(7-12(21)25)17(29)23-14(8(2)3)19(31)32/h8-11,14-15H,5-7,20H2,1-4H3,(H2,21,25)(H,22,30)(H,23,29)(H,24,28)(H,26,27)(H,31,32). The first-order valence-electron chi connectivity index (χ1n) is 10.1. The van der Waals surface area contributed by atoms with Gasteiger partial charge in [0.2, 0.25) is 23.6 Å². The second-order valence-electron chi connectivity index (χ2n) is 7.88. The smallest absolute Gasteiger partial charge is 0.326 e. The van der Waals surface area contributed by atoms with E-state index in [1.54, 1.807) is 27.7 Å². The molecule has 0 aliphatic heterocycles. The van der Waals surface area contributed by atoms with Crippen LogP contribution >= 0.6 is 0 Å². The lowest BCUT2D eigenvalue weighted by molar-refractivity contribution is -0.143. The first-order valence-corrected chi connectivity index (χ1v) is 10.1. The van der Waals surface area contributed by atoms with Crippen LogP contribution in [0.2, 0.25) is 0 Å². The number of nitrogens with one attached hydrogen (secondary N) is 3. The molecule has 5 atom stereocenters. The number of aliphatic carboxylic acids is 2. The van der Waals surface area contributed by atoms with Gasteiger partial charge in [-0.2, -0.15) is 0 Å². The Morgan fingerprint density at radius 2 is 1.34 bits per heavy atom. The summed E-state index contributed by atoms with van der Waals surface area (Å²) < 4.78 is 0. The molecule has 0 aliphatic rings. The zero-order valence-electron chi connectivity index (χ0n) is 18.6. The predicted molar refractivity (Wildman–Crippen MR) is 112 cm³/mol. The van der Waals surface area contributed by atoms with Crippen molar-refractivity contribution in [2.45, 2.75) is 71.1 Å². The molecule has 0 saturated carbocycles. The molecule has 0 spiro atoms. The van der Waals surface area contributed by atoms with E-state index in [0.717, 1.165) is 0 Å². The van der Waals surface area contributed by atoms with Crippen molar-refractivity contribution < 1.29 is 39.0 Å². The minimum Gasteiger partial charge on any atom is -0.481 e. The van der Waals surface area contributed by atoms with Gasteiger partial charge in [-0.3, -0.25) is 24.0 Å². The number of nitrogens with two attached hydrogens (primary N) is 2. The first kappa shape index (κ1) is 28.8. The van der Waals surface area contributed by atoms with Crippen LogP contribution in [0.25, 0.3) is 0 Å². The number of carboxylic acids is 2. The molecule has 5 unspecified atom stereocenters. The van der Waals surface area contributed by atoms with Crippen LogP contribution in [-0.2, 0) is 28.8 Å². The molecule has 0 aliphatic carbocycles. The second-order valence-corrected chi connectivity index (χ2v) is 7.88. The van der Waals surface area contributed by atoms with Gasteiger partial charge in [-0.15, -0.1) is 0 Å². The van der Waals surface area contributed by atoms with Crippen molar-refractivity contribution in [2.24, 2.45) is 23.3 Å². The highest BCUT2D eigenvalue weighted by molar-refractivity contribution is 5.96. The first-order chi connectivity index (χ1) is 14.7. The predicted octanol–water partition coefficient (Wildman–Crippen LogP) is -2.10. The van der Waals surface area contributed by atoms with E-state index in [4.69, 9.17) is 16.6 Å². The number of hydrogen-bond donors (Lipinski definition) is 7. The van der Waals surface area contributed by atoms with Gasteiger partial charge < -0.3 is 37.6 Å². The van der Waals surface area contributed by atoms with Gasteiger partial charge in [0.15, 0.2) is 0 Å². The third-order valence-electron chi connectivity index (χ3n) is 4.79. The Balaban J connectivity index is 5.59. The Kier molecular flexibility index (Phi) is 11.9. The van der Waals surface area contributed by atoms with Crippen LogP contribution in [0, 0.1) is 11.8 Å². The van der Waals surface area contributed by atoms with E-state index in [0.29, 0.717) is 6.42 Å². The molecule has 182 valence electrons. The van der Waals surface area contributed by atoms with Gasteiger partial charge in [0.05, 0.1) is 18.9 Å². The Morgan fingerprint density at radius 1 is 0.812 bits per heavy atom. The average molecular weight is 460 g/mol. The van der Waals surface area contributed by atoms with Gasteiger partial charge in [0.25, 0.3) is 0 Å². The van der Waals surface area contributed by atoms with Crippen LogP contribution in [0.15, 0.2) is 0 Å². The maximum Gasteiger partial charge on any atom is 0.326 e. The van der Waals surface area contributed by atoms with E-state index < -0.39 is 84.4 Å². The lowest BCUT2D eigenvalue weighted by Crippen LogP contribution is -2.59. The van der Waals surface area contributed by atoms with E-state index in [9.17, 15) is 33.9 Å². The van der Waals surface area contributed by atoms with E-state index >= 15 is 0 Å². The maximum atomic E-state index is 12.8. The number of rotatable bonds is 14. The number of amides is 4. The molecule has 0 aromatic rings. The van der Waals surface area contributed by atoms with Crippen LogP contribution in [0.3, 0.4) is 0 Å². The number of carboxylic acid groups (broad SMARTS) is 2. The number of hydrogen-bond acceptors (Lipinski definition) is 7. The third-order valence-corrected chi connectivity index (χ3v) is 4.79. The SMILES string of the molecule is CCC(C)C(NC(=O)C(N)CC(=O)O)C(=O)NC(CC(N)=O)C(=O)NC(C(=O)O)C(C)C. The number of carbonyl (C=O) groups is 6. The second kappa shape index (κ2) is 13.2. The minimum absolute atomic E-state index is 0.424. The lowest BCUT2D eigenvalue weighted by atomic mass is 9.97. The van der Waals surface area contributed by atoms with Crippen molar-refractivity contribution in [1.82, 2.24) is 16.0 Å². The molecule has 4 amide bonds. The molecule has 0 bridgehead atoms. The van der Waals surface area contributed by atoms with Gasteiger partial charge >= 0.3 is 11.9 Å². The molecule has 32 heavy (non-hydrogen) atoms. The van der Waals surface area contributed by atoms with Gasteiger partial charge in [0, 0.05) is 0 Å². The highest BCUT2D eigenvalue weighted by atomic mass is 16.4. The summed E-state index contributed by atoms with van der Waals surface area (Å²) in [6, 6.07) is -5.36. The number of carbonyl (C=O) groups excluding carboxylic acids is 4. The van der Waals surface area contributed by atoms with Crippen LogP contribution < -0.4 is 27.4 Å². The van der Waals surface area contributed by atoms with Crippen molar-refractivity contribution in [3.8, 4) is 0 Å². The van der Waals surface area contributed by atoms with Crippen LogP contribution in [0.1, 0.15) is 47.0 Å².